The zero-order valence-corrected chi connectivity index (χ0v) is 19.8. The van der Waals surface area contributed by atoms with E-state index in [4.69, 9.17) is 0 Å². The highest BCUT2D eigenvalue weighted by molar-refractivity contribution is 5.91. The van der Waals surface area contributed by atoms with Crippen LogP contribution in [0, 0.1) is 18.7 Å². The molecule has 180 valence electrons. The summed E-state index contributed by atoms with van der Waals surface area (Å²) in [5.74, 6) is 0.499. The summed E-state index contributed by atoms with van der Waals surface area (Å²) in [6, 6.07) is 4.67. The SMILES string of the molecule is CC1CCCC1.Cc1c(CN2CCN(C=O)CC2)cc(F)cc1NC(=O)CCn1cccn1. The molecule has 1 saturated carbocycles. The zero-order chi connectivity index (χ0) is 23.6. The minimum Gasteiger partial charge on any atom is -0.343 e. The van der Waals surface area contributed by atoms with Crippen LogP contribution in [0.3, 0.4) is 0 Å². The average molecular weight is 458 g/mol. The Balaban J connectivity index is 0.000000442. The minimum atomic E-state index is -0.371. The second-order valence-corrected chi connectivity index (χ2v) is 9.11. The highest BCUT2D eigenvalue weighted by Crippen LogP contribution is 2.24. The van der Waals surface area contributed by atoms with Crippen LogP contribution in [0.4, 0.5) is 10.1 Å². The van der Waals surface area contributed by atoms with Gasteiger partial charge in [0.15, 0.2) is 0 Å². The number of carbonyl (C=O) groups excluding carboxylic acids is 2. The fraction of sp³-hybridized carbons (Fsp3) is 0.560. The summed E-state index contributed by atoms with van der Waals surface area (Å²) in [5, 5.41) is 6.88. The van der Waals surface area contributed by atoms with Crippen LogP contribution in [0.25, 0.3) is 0 Å². The van der Waals surface area contributed by atoms with Crippen molar-refractivity contribution in [3.05, 3.63) is 47.5 Å². The number of rotatable bonds is 7. The molecule has 1 N–H and O–H groups in total. The van der Waals surface area contributed by atoms with Crippen molar-refractivity contribution < 1.29 is 14.0 Å². The second kappa shape index (κ2) is 12.5. The van der Waals surface area contributed by atoms with E-state index >= 15 is 0 Å². The quantitative estimate of drug-likeness (QED) is 0.642. The lowest BCUT2D eigenvalue weighted by Crippen LogP contribution is -2.45. The molecule has 2 amide bonds. The van der Waals surface area contributed by atoms with Gasteiger partial charge in [0, 0.05) is 63.8 Å². The first kappa shape index (κ1) is 24.9. The fourth-order valence-electron chi connectivity index (χ4n) is 4.29. The minimum absolute atomic E-state index is 0.176. The van der Waals surface area contributed by atoms with E-state index in [9.17, 15) is 14.0 Å². The third kappa shape index (κ3) is 7.96. The number of aryl methyl sites for hydroxylation is 1. The molecule has 33 heavy (non-hydrogen) atoms. The van der Waals surface area contributed by atoms with Crippen LogP contribution >= 0.6 is 0 Å². The predicted octanol–water partition coefficient (Wildman–Crippen LogP) is 3.83. The molecule has 1 saturated heterocycles. The Hall–Kier alpha value is -2.74. The number of benzene rings is 1. The summed E-state index contributed by atoms with van der Waals surface area (Å²) in [4.78, 5) is 27.0. The largest absolute Gasteiger partial charge is 0.343 e. The van der Waals surface area contributed by atoms with Crippen LogP contribution in [0.15, 0.2) is 30.6 Å². The van der Waals surface area contributed by atoms with E-state index in [-0.39, 0.29) is 18.1 Å². The topological polar surface area (TPSA) is 70.5 Å². The van der Waals surface area contributed by atoms with Gasteiger partial charge in [-0.15, -0.1) is 0 Å². The van der Waals surface area contributed by atoms with E-state index in [0.29, 0.717) is 31.9 Å². The molecular weight excluding hydrogens is 421 g/mol. The van der Waals surface area contributed by atoms with E-state index in [0.717, 1.165) is 36.5 Å². The summed E-state index contributed by atoms with van der Waals surface area (Å²) in [7, 11) is 0. The molecule has 8 heteroatoms. The maximum atomic E-state index is 14.1. The van der Waals surface area contributed by atoms with Crippen LogP contribution in [0.1, 0.15) is 50.2 Å². The van der Waals surface area contributed by atoms with Gasteiger partial charge in [-0.05, 0) is 42.2 Å². The smallest absolute Gasteiger partial charge is 0.226 e. The third-order valence-electron chi connectivity index (χ3n) is 6.48. The van der Waals surface area contributed by atoms with Crippen molar-refractivity contribution >= 4 is 18.0 Å². The van der Waals surface area contributed by atoms with Crippen molar-refractivity contribution in [3.8, 4) is 0 Å². The maximum Gasteiger partial charge on any atom is 0.226 e. The Kier molecular flexibility index (Phi) is 9.42. The molecule has 0 unspecified atom stereocenters. The first-order chi connectivity index (χ1) is 15.9. The number of hydrogen-bond acceptors (Lipinski definition) is 4. The molecule has 2 aromatic rings. The first-order valence-electron chi connectivity index (χ1n) is 11.9. The standard InChI is InChI=1S/C19H24FN5O2.C6H12/c1-15-16(13-23-7-9-24(14-26)10-8-23)11-17(20)12-18(15)22-19(27)3-6-25-5-2-4-21-25;1-6-4-2-3-5-6/h2,4-5,11-12,14H,3,6-10,13H2,1H3,(H,22,27);6H,2-5H2,1H3. The Morgan fingerprint density at radius 2 is 1.94 bits per heavy atom. The van der Waals surface area contributed by atoms with Crippen LogP contribution in [-0.4, -0.2) is 58.1 Å². The molecule has 2 heterocycles. The zero-order valence-electron chi connectivity index (χ0n) is 19.8. The summed E-state index contributed by atoms with van der Waals surface area (Å²) < 4.78 is 15.8. The number of nitrogens with one attached hydrogen (secondary N) is 1. The number of aromatic nitrogens is 2. The van der Waals surface area contributed by atoms with Gasteiger partial charge in [0.05, 0.1) is 0 Å². The number of carbonyl (C=O) groups is 2. The fourth-order valence-corrected chi connectivity index (χ4v) is 4.29. The number of anilines is 1. The van der Waals surface area contributed by atoms with Gasteiger partial charge in [0.2, 0.25) is 12.3 Å². The normalized spacial score (nSPS) is 16.9. The highest BCUT2D eigenvalue weighted by Gasteiger charge is 2.18. The van der Waals surface area contributed by atoms with Gasteiger partial charge in [-0.1, -0.05) is 32.6 Å². The number of amides is 2. The molecule has 0 atom stereocenters. The van der Waals surface area contributed by atoms with Crippen molar-refractivity contribution in [1.82, 2.24) is 19.6 Å². The van der Waals surface area contributed by atoms with Crippen molar-refractivity contribution in [1.29, 1.82) is 0 Å². The number of hydrogen-bond donors (Lipinski definition) is 1. The van der Waals surface area contributed by atoms with Crippen LogP contribution in [-0.2, 0) is 22.7 Å². The highest BCUT2D eigenvalue weighted by atomic mass is 19.1. The molecule has 4 rings (SSSR count). The van der Waals surface area contributed by atoms with E-state index < -0.39 is 0 Å². The van der Waals surface area contributed by atoms with Gasteiger partial charge >= 0.3 is 0 Å². The Bertz CT molecular complexity index is 888. The van der Waals surface area contributed by atoms with Crippen molar-refractivity contribution in [2.24, 2.45) is 5.92 Å². The van der Waals surface area contributed by atoms with Gasteiger partial charge < -0.3 is 10.2 Å². The monoisotopic (exact) mass is 457 g/mol. The van der Waals surface area contributed by atoms with E-state index in [1.165, 1.54) is 37.8 Å². The number of halogens is 1. The van der Waals surface area contributed by atoms with Crippen LogP contribution in [0.2, 0.25) is 0 Å². The molecule has 1 aliphatic heterocycles. The van der Waals surface area contributed by atoms with Gasteiger partial charge in [0.25, 0.3) is 0 Å². The summed E-state index contributed by atoms with van der Waals surface area (Å²) in [6.07, 6.45) is 10.5. The lowest BCUT2D eigenvalue weighted by Gasteiger charge is -2.33. The molecule has 1 aliphatic carbocycles. The lowest BCUT2D eigenvalue weighted by molar-refractivity contribution is -0.119. The van der Waals surface area contributed by atoms with Crippen molar-refractivity contribution in [2.75, 3.05) is 31.5 Å². The first-order valence-corrected chi connectivity index (χ1v) is 11.9. The van der Waals surface area contributed by atoms with Gasteiger partial charge in [-0.25, -0.2) is 4.39 Å². The second-order valence-electron chi connectivity index (χ2n) is 9.11. The van der Waals surface area contributed by atoms with Crippen LogP contribution in [0.5, 0.6) is 0 Å². The number of piperazine rings is 1. The van der Waals surface area contributed by atoms with E-state index in [1.807, 2.05) is 6.92 Å². The average Bonchev–Trinajstić information content (AvgIpc) is 3.50. The summed E-state index contributed by atoms with van der Waals surface area (Å²) in [6.45, 7) is 8.14. The molecule has 1 aromatic carbocycles. The molecular formula is C25H36FN5O2. The molecule has 2 aliphatic rings. The van der Waals surface area contributed by atoms with Crippen molar-refractivity contribution in [3.63, 3.8) is 0 Å². The molecule has 0 bridgehead atoms. The molecule has 7 nitrogen and oxygen atoms in total. The Morgan fingerprint density at radius 3 is 2.52 bits per heavy atom. The third-order valence-corrected chi connectivity index (χ3v) is 6.48. The molecule has 2 fully saturated rings. The Morgan fingerprint density at radius 1 is 1.21 bits per heavy atom. The lowest BCUT2D eigenvalue weighted by atomic mass is 10.0. The van der Waals surface area contributed by atoms with Crippen molar-refractivity contribution in [2.45, 2.75) is 59.0 Å². The van der Waals surface area contributed by atoms with Gasteiger partial charge in [-0.3, -0.25) is 19.2 Å². The maximum absolute atomic E-state index is 14.1. The van der Waals surface area contributed by atoms with Crippen LogP contribution < -0.4 is 5.32 Å². The van der Waals surface area contributed by atoms with E-state index in [2.05, 4.69) is 22.2 Å². The molecule has 0 spiro atoms. The Labute approximate surface area is 195 Å². The van der Waals surface area contributed by atoms with Gasteiger partial charge in [-0.2, -0.15) is 5.10 Å². The van der Waals surface area contributed by atoms with E-state index in [1.54, 1.807) is 28.0 Å². The summed E-state index contributed by atoms with van der Waals surface area (Å²) in [5.41, 5.74) is 2.21. The molecule has 1 aromatic heterocycles. The predicted molar refractivity (Wildman–Crippen MR) is 127 cm³/mol. The summed E-state index contributed by atoms with van der Waals surface area (Å²) >= 11 is 0. The molecule has 0 radical (unpaired) electrons. The van der Waals surface area contributed by atoms with Gasteiger partial charge in [0.1, 0.15) is 5.82 Å². The number of nitrogens with zero attached hydrogens (tertiary/aromatic N) is 4.